The Kier molecular flexibility index (Phi) is 6.71. The Balaban J connectivity index is 1.77. The van der Waals surface area contributed by atoms with Gasteiger partial charge in [0.1, 0.15) is 5.76 Å². The molecule has 0 radical (unpaired) electrons. The highest BCUT2D eigenvalue weighted by molar-refractivity contribution is 7.83. The number of benzene rings is 1. The van der Waals surface area contributed by atoms with Gasteiger partial charge < -0.3 is 20.0 Å². The molecule has 2 heterocycles. The minimum absolute atomic E-state index is 0.104. The van der Waals surface area contributed by atoms with Crippen molar-refractivity contribution in [2.45, 2.75) is 39.2 Å². The Hall–Kier alpha value is -2.94. The molecular weight excluding hydrogens is 402 g/mol. The Labute approximate surface area is 179 Å². The smallest absolute Gasteiger partial charge is 0.269 e. The lowest BCUT2D eigenvalue weighted by Crippen LogP contribution is -2.36. The van der Waals surface area contributed by atoms with Crippen LogP contribution in [0.15, 0.2) is 49.8 Å². The number of hydrogen-bond donors (Lipinski definition) is 2. The number of carbonyl (C=O) groups excluding carboxylic acids is 1. The Morgan fingerprint density at radius 2 is 1.93 bits per heavy atom. The highest BCUT2D eigenvalue weighted by Gasteiger charge is 2.24. The average molecular weight is 430 g/mol. The van der Waals surface area contributed by atoms with E-state index in [9.17, 15) is 9.00 Å². The average Bonchev–Trinajstić information content (AvgIpc) is 3.32. The van der Waals surface area contributed by atoms with E-state index in [1.54, 1.807) is 38.6 Å². The predicted molar refractivity (Wildman–Crippen MR) is 120 cm³/mol. The fourth-order valence-electron chi connectivity index (χ4n) is 2.96. The zero-order valence-corrected chi connectivity index (χ0v) is 18.6. The molecule has 0 saturated heterocycles. The molecule has 0 spiro atoms. The molecule has 1 aliphatic heterocycles. The molecule has 160 valence electrons. The number of rotatable bonds is 6. The Morgan fingerprint density at radius 1 is 1.20 bits per heavy atom. The van der Waals surface area contributed by atoms with E-state index in [2.05, 4.69) is 33.3 Å². The van der Waals surface area contributed by atoms with Crippen molar-refractivity contribution >= 4 is 34.4 Å². The molecule has 9 heteroatoms. The molecule has 1 aliphatic rings. The van der Waals surface area contributed by atoms with Crippen molar-refractivity contribution in [1.82, 2.24) is 10.2 Å². The summed E-state index contributed by atoms with van der Waals surface area (Å²) >= 11 is -1.71. The van der Waals surface area contributed by atoms with E-state index in [1.807, 2.05) is 19.1 Å². The van der Waals surface area contributed by atoms with Crippen LogP contribution in [0.5, 0.6) is 0 Å². The molecular formula is C21H27N5O3S. The summed E-state index contributed by atoms with van der Waals surface area (Å²) in [6.45, 7) is 6.25. The molecule has 2 N–H and O–H groups in total. The maximum absolute atomic E-state index is 12.2. The van der Waals surface area contributed by atoms with Crippen LogP contribution in [0.25, 0.3) is 0 Å². The second-order valence-corrected chi connectivity index (χ2v) is 8.38. The van der Waals surface area contributed by atoms with Crippen LogP contribution in [0.2, 0.25) is 0 Å². The van der Waals surface area contributed by atoms with Gasteiger partial charge in [0.05, 0.1) is 12.3 Å². The molecule has 8 nitrogen and oxygen atoms in total. The number of nitrogens with zero attached hydrogens (tertiary/aromatic N) is 3. The van der Waals surface area contributed by atoms with Crippen LogP contribution in [0.4, 0.5) is 5.69 Å². The fourth-order valence-corrected chi connectivity index (χ4v) is 3.58. The molecule has 1 aromatic heterocycles. The van der Waals surface area contributed by atoms with Crippen LogP contribution in [-0.2, 0) is 11.2 Å². The lowest BCUT2D eigenvalue weighted by Gasteiger charge is -2.17. The van der Waals surface area contributed by atoms with E-state index in [0.29, 0.717) is 28.8 Å². The molecule has 0 fully saturated rings. The van der Waals surface area contributed by atoms with Crippen LogP contribution >= 0.6 is 0 Å². The van der Waals surface area contributed by atoms with E-state index < -0.39 is 11.2 Å². The number of furan rings is 1. The molecule has 2 atom stereocenters. The highest BCUT2D eigenvalue weighted by Crippen LogP contribution is 2.24. The van der Waals surface area contributed by atoms with Gasteiger partial charge in [-0.3, -0.25) is 4.79 Å². The lowest BCUT2D eigenvalue weighted by atomic mass is 10.1. The van der Waals surface area contributed by atoms with Gasteiger partial charge in [-0.1, -0.05) is 26.8 Å². The second-order valence-electron chi connectivity index (χ2n) is 7.56. The van der Waals surface area contributed by atoms with E-state index in [4.69, 9.17) is 4.42 Å². The minimum Gasteiger partial charge on any atom is -0.467 e. The normalized spacial score (nSPS) is 16.8. The van der Waals surface area contributed by atoms with Crippen LogP contribution in [0, 0.1) is 0 Å². The monoisotopic (exact) mass is 429 g/mol. The van der Waals surface area contributed by atoms with Crippen molar-refractivity contribution in [3.8, 4) is 0 Å². The minimum atomic E-state index is -1.71. The van der Waals surface area contributed by atoms with Gasteiger partial charge in [-0.05, 0) is 42.2 Å². The van der Waals surface area contributed by atoms with Crippen LogP contribution in [0.1, 0.15) is 60.8 Å². The SMILES string of the molecule is CC[C@@H](NC1=NS(=O)N=C1Nc1cccc(C(=O)N(C)C)c1)c1cc(C(C)C)co1. The zero-order valence-electron chi connectivity index (χ0n) is 17.8. The zero-order chi connectivity index (χ0) is 21.8. The first-order valence-corrected chi connectivity index (χ1v) is 10.9. The van der Waals surface area contributed by atoms with Crippen molar-refractivity contribution < 1.29 is 13.4 Å². The molecule has 30 heavy (non-hydrogen) atoms. The van der Waals surface area contributed by atoms with E-state index >= 15 is 0 Å². The molecule has 0 aliphatic carbocycles. The number of amides is 1. The summed E-state index contributed by atoms with van der Waals surface area (Å²) < 4.78 is 25.9. The van der Waals surface area contributed by atoms with Crippen LogP contribution in [0.3, 0.4) is 0 Å². The third-order valence-corrected chi connectivity index (χ3v) is 5.39. The maximum Gasteiger partial charge on any atom is 0.269 e. The molecule has 0 saturated carbocycles. The van der Waals surface area contributed by atoms with Gasteiger partial charge in [0, 0.05) is 25.3 Å². The summed E-state index contributed by atoms with van der Waals surface area (Å²) in [5, 5.41) is 6.41. The first-order valence-electron chi connectivity index (χ1n) is 9.81. The first kappa shape index (κ1) is 21.8. The van der Waals surface area contributed by atoms with Gasteiger partial charge in [0.15, 0.2) is 11.7 Å². The molecule has 1 aromatic carbocycles. The lowest BCUT2D eigenvalue weighted by molar-refractivity contribution is 0.0827. The van der Waals surface area contributed by atoms with Gasteiger partial charge >= 0.3 is 0 Å². The van der Waals surface area contributed by atoms with E-state index in [1.165, 1.54) is 4.90 Å². The standard InChI is InChI=1S/C21H27N5O3S/c1-6-17(18-11-15(12-29-18)13(2)3)23-20-19(24-30(28)25-20)22-16-9-7-8-14(10-16)21(27)26(4)5/h7-13,17H,6H2,1-5H3,(H,22,24)(H,23,25)/t17-,30?/m1/s1. The Morgan fingerprint density at radius 3 is 2.57 bits per heavy atom. The van der Waals surface area contributed by atoms with E-state index in [0.717, 1.165) is 17.7 Å². The predicted octanol–water partition coefficient (Wildman–Crippen LogP) is 3.65. The van der Waals surface area contributed by atoms with Gasteiger partial charge in [-0.25, -0.2) is 4.21 Å². The third kappa shape index (κ3) is 4.96. The van der Waals surface area contributed by atoms with Gasteiger partial charge in [-0.15, -0.1) is 8.80 Å². The number of carbonyl (C=O) groups is 1. The molecule has 3 rings (SSSR count). The summed E-state index contributed by atoms with van der Waals surface area (Å²) in [5.41, 5.74) is 2.32. The molecule has 2 aromatic rings. The van der Waals surface area contributed by atoms with Crippen LogP contribution in [-0.4, -0.2) is 40.8 Å². The molecule has 1 unspecified atom stereocenters. The quantitative estimate of drug-likeness (QED) is 0.730. The van der Waals surface area contributed by atoms with Crippen molar-refractivity contribution in [3.63, 3.8) is 0 Å². The number of nitrogens with one attached hydrogen (secondary N) is 2. The number of amidine groups is 2. The van der Waals surface area contributed by atoms with Crippen molar-refractivity contribution in [3.05, 3.63) is 53.5 Å². The number of anilines is 1. The first-order chi connectivity index (χ1) is 14.3. The summed E-state index contributed by atoms with van der Waals surface area (Å²) in [6.07, 6.45) is 2.51. The van der Waals surface area contributed by atoms with Gasteiger partial charge in [-0.2, -0.15) is 0 Å². The largest absolute Gasteiger partial charge is 0.467 e. The van der Waals surface area contributed by atoms with Crippen molar-refractivity contribution in [2.24, 2.45) is 8.80 Å². The third-order valence-electron chi connectivity index (χ3n) is 4.71. The Bertz CT molecular complexity index is 1010. The van der Waals surface area contributed by atoms with Gasteiger partial charge in [0.25, 0.3) is 17.1 Å². The fraction of sp³-hybridized carbons (Fsp3) is 0.381. The van der Waals surface area contributed by atoms with E-state index in [-0.39, 0.29) is 11.9 Å². The summed E-state index contributed by atoms with van der Waals surface area (Å²) in [5.74, 6) is 1.81. The van der Waals surface area contributed by atoms with Crippen molar-refractivity contribution in [2.75, 3.05) is 19.4 Å². The summed E-state index contributed by atoms with van der Waals surface area (Å²) in [6, 6.07) is 8.94. The highest BCUT2D eigenvalue weighted by atomic mass is 32.2. The van der Waals surface area contributed by atoms with Crippen molar-refractivity contribution in [1.29, 1.82) is 0 Å². The second kappa shape index (κ2) is 9.25. The topological polar surface area (TPSA) is 99.3 Å². The number of hydrogen-bond acceptors (Lipinski definition) is 5. The summed E-state index contributed by atoms with van der Waals surface area (Å²) in [7, 11) is 3.40. The molecule has 0 bridgehead atoms. The van der Waals surface area contributed by atoms with Crippen LogP contribution < -0.4 is 10.6 Å². The molecule has 1 amide bonds. The van der Waals surface area contributed by atoms with Gasteiger partial charge in [0.2, 0.25) is 0 Å². The maximum atomic E-state index is 12.2. The summed E-state index contributed by atoms with van der Waals surface area (Å²) in [4.78, 5) is 13.7.